The Balaban J connectivity index is 0.000000424. The standard InChI is InChI=1S/C8H14F2.CO2/c1-5(2)8(3)4-6(8)7(9)10;2-1-3/h5-7H,4H2,1-3H3;. The van der Waals surface area contributed by atoms with Gasteiger partial charge < -0.3 is 0 Å². The molecule has 0 saturated heterocycles. The number of carbonyl (C=O) groups excluding carboxylic acids is 2. The summed E-state index contributed by atoms with van der Waals surface area (Å²) in [6.07, 6.45) is -1.14. The van der Waals surface area contributed by atoms with E-state index in [0.29, 0.717) is 12.3 Å². The Morgan fingerprint density at radius 2 is 1.77 bits per heavy atom. The molecular formula is C9H14F2O2. The van der Waals surface area contributed by atoms with Crippen LogP contribution in [0.5, 0.6) is 0 Å². The van der Waals surface area contributed by atoms with Crippen molar-refractivity contribution < 1.29 is 18.4 Å². The molecule has 0 aromatic rings. The summed E-state index contributed by atoms with van der Waals surface area (Å²) in [5, 5.41) is 0. The Hall–Kier alpha value is -0.760. The smallest absolute Gasteiger partial charge is 0.210 e. The maximum atomic E-state index is 12.1. The van der Waals surface area contributed by atoms with Crippen molar-refractivity contribution in [2.75, 3.05) is 0 Å². The van der Waals surface area contributed by atoms with Crippen LogP contribution in [0.2, 0.25) is 0 Å². The van der Waals surface area contributed by atoms with E-state index in [-0.39, 0.29) is 17.5 Å². The molecule has 1 saturated carbocycles. The second-order valence-electron chi connectivity index (χ2n) is 3.89. The van der Waals surface area contributed by atoms with Crippen LogP contribution in [0.25, 0.3) is 0 Å². The van der Waals surface area contributed by atoms with Gasteiger partial charge in [-0.3, -0.25) is 0 Å². The molecule has 0 aromatic carbocycles. The van der Waals surface area contributed by atoms with Gasteiger partial charge in [0.25, 0.3) is 0 Å². The number of alkyl halides is 2. The van der Waals surface area contributed by atoms with Gasteiger partial charge in [-0.15, -0.1) is 0 Å². The molecule has 2 nitrogen and oxygen atoms in total. The van der Waals surface area contributed by atoms with Gasteiger partial charge >= 0.3 is 6.15 Å². The minimum Gasteiger partial charge on any atom is -0.210 e. The van der Waals surface area contributed by atoms with Crippen molar-refractivity contribution in [2.24, 2.45) is 17.3 Å². The van der Waals surface area contributed by atoms with E-state index in [0.717, 1.165) is 0 Å². The van der Waals surface area contributed by atoms with Gasteiger partial charge in [0.05, 0.1) is 0 Å². The average Bonchev–Trinajstić information content (AvgIpc) is 2.65. The maximum absolute atomic E-state index is 12.1. The molecule has 0 radical (unpaired) electrons. The van der Waals surface area contributed by atoms with Crippen molar-refractivity contribution in [3.63, 3.8) is 0 Å². The second kappa shape index (κ2) is 4.47. The summed E-state index contributed by atoms with van der Waals surface area (Å²) < 4.78 is 24.2. The largest absolute Gasteiger partial charge is 0.373 e. The third-order valence-electron chi connectivity index (χ3n) is 2.97. The molecule has 0 aromatic heterocycles. The zero-order valence-corrected chi connectivity index (χ0v) is 8.01. The van der Waals surface area contributed by atoms with Crippen LogP contribution in [0.1, 0.15) is 27.2 Å². The minimum atomic E-state index is -2.10. The molecule has 0 spiro atoms. The number of hydrogen-bond acceptors (Lipinski definition) is 2. The molecule has 1 rings (SSSR count). The molecular weight excluding hydrogens is 178 g/mol. The van der Waals surface area contributed by atoms with Gasteiger partial charge in [-0.2, -0.15) is 9.59 Å². The van der Waals surface area contributed by atoms with E-state index in [1.807, 2.05) is 20.8 Å². The summed E-state index contributed by atoms with van der Waals surface area (Å²) in [6, 6.07) is 0. The molecule has 1 aliphatic carbocycles. The zero-order valence-electron chi connectivity index (χ0n) is 8.01. The van der Waals surface area contributed by atoms with Gasteiger partial charge in [-0.25, -0.2) is 8.78 Å². The quantitative estimate of drug-likeness (QED) is 0.673. The second-order valence-corrected chi connectivity index (χ2v) is 3.89. The molecule has 0 N–H and O–H groups in total. The SMILES string of the molecule is CC(C)C1(C)CC1C(F)F.O=C=O. The van der Waals surface area contributed by atoms with E-state index in [9.17, 15) is 8.78 Å². The van der Waals surface area contributed by atoms with E-state index in [2.05, 4.69) is 0 Å². The summed E-state index contributed by atoms with van der Waals surface area (Å²) >= 11 is 0. The Morgan fingerprint density at radius 1 is 1.38 bits per heavy atom. The Labute approximate surface area is 76.3 Å². The fourth-order valence-electron chi connectivity index (χ4n) is 1.46. The van der Waals surface area contributed by atoms with Gasteiger partial charge in [0.1, 0.15) is 0 Å². The van der Waals surface area contributed by atoms with E-state index in [1.165, 1.54) is 0 Å². The number of halogens is 2. The molecule has 2 unspecified atom stereocenters. The third-order valence-corrected chi connectivity index (χ3v) is 2.97. The van der Waals surface area contributed by atoms with Gasteiger partial charge in [0.2, 0.25) is 6.43 Å². The zero-order chi connectivity index (χ0) is 10.6. The normalized spacial score (nSPS) is 30.8. The van der Waals surface area contributed by atoms with Gasteiger partial charge in [-0.05, 0) is 17.8 Å². The average molecular weight is 192 g/mol. The molecule has 13 heavy (non-hydrogen) atoms. The minimum absolute atomic E-state index is 0.0613. The molecule has 0 aliphatic heterocycles. The summed E-state index contributed by atoms with van der Waals surface area (Å²) in [5.41, 5.74) is -0.0613. The molecule has 0 amide bonds. The molecule has 76 valence electrons. The summed E-state index contributed by atoms with van der Waals surface area (Å²) in [7, 11) is 0. The van der Waals surface area contributed by atoms with Crippen LogP contribution < -0.4 is 0 Å². The van der Waals surface area contributed by atoms with Crippen molar-refractivity contribution in [2.45, 2.75) is 33.6 Å². The first-order valence-corrected chi connectivity index (χ1v) is 4.17. The predicted octanol–water partition coefficient (Wildman–Crippen LogP) is 2.35. The lowest BCUT2D eigenvalue weighted by atomic mass is 9.92. The summed E-state index contributed by atoms with van der Waals surface area (Å²) in [6.45, 7) is 5.99. The predicted molar refractivity (Wildman–Crippen MR) is 42.1 cm³/mol. The van der Waals surface area contributed by atoms with E-state index >= 15 is 0 Å². The van der Waals surface area contributed by atoms with Crippen LogP contribution in [0.15, 0.2) is 0 Å². The van der Waals surface area contributed by atoms with Crippen molar-refractivity contribution >= 4 is 6.15 Å². The maximum Gasteiger partial charge on any atom is 0.373 e. The first-order chi connectivity index (χ1) is 5.90. The molecule has 4 heteroatoms. The Morgan fingerprint density at radius 3 is 1.85 bits per heavy atom. The third kappa shape index (κ3) is 2.88. The lowest BCUT2D eigenvalue weighted by molar-refractivity contribution is -0.191. The monoisotopic (exact) mass is 192 g/mol. The van der Waals surface area contributed by atoms with E-state index < -0.39 is 6.43 Å². The lowest BCUT2D eigenvalue weighted by Gasteiger charge is -2.14. The van der Waals surface area contributed by atoms with Gasteiger partial charge in [-0.1, -0.05) is 20.8 Å². The fourth-order valence-corrected chi connectivity index (χ4v) is 1.46. The van der Waals surface area contributed by atoms with Gasteiger partial charge in [0, 0.05) is 5.92 Å². The van der Waals surface area contributed by atoms with Crippen LogP contribution >= 0.6 is 0 Å². The molecule has 0 bridgehead atoms. The topological polar surface area (TPSA) is 34.1 Å². The van der Waals surface area contributed by atoms with E-state index in [4.69, 9.17) is 9.59 Å². The molecule has 1 fully saturated rings. The first kappa shape index (κ1) is 12.2. The number of rotatable bonds is 2. The van der Waals surface area contributed by atoms with Crippen molar-refractivity contribution in [3.8, 4) is 0 Å². The van der Waals surface area contributed by atoms with E-state index in [1.54, 1.807) is 0 Å². The molecule has 0 heterocycles. The summed E-state index contributed by atoms with van der Waals surface area (Å²) in [5.74, 6) is 0.0685. The molecule has 2 atom stereocenters. The Kier molecular flexibility index (Phi) is 4.21. The van der Waals surface area contributed by atoms with Crippen LogP contribution in [0, 0.1) is 17.3 Å². The van der Waals surface area contributed by atoms with Crippen LogP contribution in [0.3, 0.4) is 0 Å². The number of hydrogen-bond donors (Lipinski definition) is 0. The summed E-state index contributed by atoms with van der Waals surface area (Å²) in [4.78, 5) is 16.2. The highest BCUT2D eigenvalue weighted by molar-refractivity contribution is 5.20. The molecule has 1 aliphatic rings. The fraction of sp³-hybridized carbons (Fsp3) is 0.889. The van der Waals surface area contributed by atoms with Crippen molar-refractivity contribution in [3.05, 3.63) is 0 Å². The lowest BCUT2D eigenvalue weighted by Crippen LogP contribution is -2.11. The van der Waals surface area contributed by atoms with Gasteiger partial charge in [0.15, 0.2) is 0 Å². The highest BCUT2D eigenvalue weighted by Crippen LogP contribution is 2.59. The Bertz CT molecular complexity index is 198. The van der Waals surface area contributed by atoms with Crippen LogP contribution in [-0.2, 0) is 9.59 Å². The van der Waals surface area contributed by atoms with Crippen LogP contribution in [0.4, 0.5) is 8.78 Å². The first-order valence-electron chi connectivity index (χ1n) is 4.17. The highest BCUT2D eigenvalue weighted by Gasteiger charge is 2.56. The highest BCUT2D eigenvalue weighted by atomic mass is 19.3. The van der Waals surface area contributed by atoms with Crippen molar-refractivity contribution in [1.29, 1.82) is 0 Å². The van der Waals surface area contributed by atoms with Crippen molar-refractivity contribution in [1.82, 2.24) is 0 Å². The van der Waals surface area contributed by atoms with Crippen LogP contribution in [-0.4, -0.2) is 12.6 Å².